The van der Waals surface area contributed by atoms with Crippen molar-refractivity contribution in [3.8, 4) is 0 Å². The molecule has 3 rings (SSSR count). The summed E-state index contributed by atoms with van der Waals surface area (Å²) in [5, 5.41) is 6.66. The fourth-order valence-electron chi connectivity index (χ4n) is 2.75. The summed E-state index contributed by atoms with van der Waals surface area (Å²) in [6.45, 7) is 3.07. The highest BCUT2D eigenvalue weighted by Gasteiger charge is 2.18. The van der Waals surface area contributed by atoms with Gasteiger partial charge in [-0.2, -0.15) is 0 Å². The molecule has 5 nitrogen and oxygen atoms in total. The second-order valence-corrected chi connectivity index (χ2v) is 9.02. The predicted octanol–water partition coefficient (Wildman–Crippen LogP) is 2.73. The molecule has 0 unspecified atom stereocenters. The van der Waals surface area contributed by atoms with Crippen molar-refractivity contribution in [1.29, 1.82) is 0 Å². The predicted molar refractivity (Wildman–Crippen MR) is 95.0 cm³/mol. The fraction of sp³-hybridized carbons (Fsp3) is 0.471. The number of nitrogens with one attached hydrogen (secondary N) is 1. The van der Waals surface area contributed by atoms with Crippen molar-refractivity contribution < 1.29 is 13.2 Å². The summed E-state index contributed by atoms with van der Waals surface area (Å²) in [4.78, 5) is 5.03. The molecule has 1 aliphatic rings. The van der Waals surface area contributed by atoms with Crippen molar-refractivity contribution in [3.05, 3.63) is 45.9 Å². The first-order valence-corrected chi connectivity index (χ1v) is 10.8. The van der Waals surface area contributed by atoms with Gasteiger partial charge in [0.2, 0.25) is 0 Å². The molecule has 2 heterocycles. The van der Waals surface area contributed by atoms with Crippen LogP contribution in [0.2, 0.25) is 0 Å². The zero-order valence-electron chi connectivity index (χ0n) is 13.7. The maximum Gasteiger partial charge on any atom is 0.175 e. The van der Waals surface area contributed by atoms with Gasteiger partial charge in [-0.25, -0.2) is 13.4 Å². The van der Waals surface area contributed by atoms with Crippen LogP contribution in [0.25, 0.3) is 0 Å². The summed E-state index contributed by atoms with van der Waals surface area (Å²) in [6, 6.07) is 6.81. The van der Waals surface area contributed by atoms with Crippen LogP contribution in [-0.2, 0) is 27.8 Å². The zero-order chi connectivity index (χ0) is 17.0. The molecule has 130 valence electrons. The van der Waals surface area contributed by atoms with E-state index in [4.69, 9.17) is 9.72 Å². The summed E-state index contributed by atoms with van der Waals surface area (Å²) in [7, 11) is -3.15. The third kappa shape index (κ3) is 4.63. The first kappa shape index (κ1) is 17.5. The van der Waals surface area contributed by atoms with Gasteiger partial charge in [-0.1, -0.05) is 12.1 Å². The van der Waals surface area contributed by atoms with E-state index in [0.29, 0.717) is 24.0 Å². The molecule has 0 aliphatic carbocycles. The van der Waals surface area contributed by atoms with Gasteiger partial charge in [0.25, 0.3) is 0 Å². The van der Waals surface area contributed by atoms with Crippen LogP contribution in [-0.4, -0.2) is 32.7 Å². The van der Waals surface area contributed by atoms with Crippen molar-refractivity contribution in [2.24, 2.45) is 0 Å². The first-order valence-electron chi connectivity index (χ1n) is 8.04. The van der Waals surface area contributed by atoms with E-state index in [1.165, 1.54) is 11.3 Å². The van der Waals surface area contributed by atoms with Crippen LogP contribution < -0.4 is 5.32 Å². The molecule has 2 aromatic rings. The van der Waals surface area contributed by atoms with E-state index in [0.717, 1.165) is 37.2 Å². The molecule has 1 aromatic heterocycles. The van der Waals surface area contributed by atoms with E-state index in [-0.39, 0.29) is 0 Å². The molecule has 0 saturated carbocycles. The minimum absolute atomic E-state index is 0.331. The highest BCUT2D eigenvalue weighted by atomic mass is 32.2. The van der Waals surface area contributed by atoms with Crippen molar-refractivity contribution in [2.45, 2.75) is 36.9 Å². The summed E-state index contributed by atoms with van der Waals surface area (Å²) < 4.78 is 28.6. The van der Waals surface area contributed by atoms with Crippen LogP contribution in [0.3, 0.4) is 0 Å². The fourth-order valence-corrected chi connectivity index (χ4v) is 4.36. The minimum atomic E-state index is -3.15. The number of benzene rings is 1. The minimum Gasteiger partial charge on any atom is -0.370 e. The van der Waals surface area contributed by atoms with Gasteiger partial charge < -0.3 is 10.1 Å². The highest BCUT2D eigenvalue weighted by Crippen LogP contribution is 2.28. The number of rotatable bonds is 6. The van der Waals surface area contributed by atoms with E-state index < -0.39 is 9.84 Å². The monoisotopic (exact) mass is 366 g/mol. The molecule has 24 heavy (non-hydrogen) atoms. The number of nitrogens with zero attached hydrogens (tertiary/aromatic N) is 1. The summed E-state index contributed by atoms with van der Waals surface area (Å²) in [5.41, 5.74) is 1.93. The second kappa shape index (κ2) is 7.74. The van der Waals surface area contributed by atoms with Crippen molar-refractivity contribution >= 4 is 21.2 Å². The molecule has 1 aromatic carbocycles. The molecule has 0 radical (unpaired) electrons. The normalized spacial score (nSPS) is 16.4. The largest absolute Gasteiger partial charge is 0.370 e. The maximum absolute atomic E-state index is 11.4. The van der Waals surface area contributed by atoms with E-state index in [1.54, 1.807) is 35.6 Å². The van der Waals surface area contributed by atoms with Crippen LogP contribution in [0.1, 0.15) is 35.0 Å². The number of thiazole rings is 1. The molecular weight excluding hydrogens is 344 g/mol. The third-order valence-electron chi connectivity index (χ3n) is 4.13. The zero-order valence-corrected chi connectivity index (χ0v) is 15.3. The Balaban J connectivity index is 1.50. The molecule has 0 spiro atoms. The summed E-state index contributed by atoms with van der Waals surface area (Å²) in [6.07, 6.45) is 3.52. The number of hydrogen-bond donors (Lipinski definition) is 1. The molecule has 0 amide bonds. The number of ether oxygens (including phenoxy) is 1. The van der Waals surface area contributed by atoms with E-state index in [2.05, 4.69) is 10.7 Å². The van der Waals surface area contributed by atoms with Crippen LogP contribution in [0.5, 0.6) is 0 Å². The topological polar surface area (TPSA) is 68.3 Å². The van der Waals surface area contributed by atoms with E-state index >= 15 is 0 Å². The number of piperidine rings is 1. The van der Waals surface area contributed by atoms with Crippen LogP contribution in [0.4, 0.5) is 0 Å². The molecule has 0 atom stereocenters. The van der Waals surface area contributed by atoms with Crippen molar-refractivity contribution in [1.82, 2.24) is 10.3 Å². The quantitative estimate of drug-likeness (QED) is 0.851. The average Bonchev–Trinajstić information content (AvgIpc) is 3.04. The van der Waals surface area contributed by atoms with Crippen molar-refractivity contribution in [2.75, 3.05) is 19.3 Å². The summed E-state index contributed by atoms with van der Waals surface area (Å²) in [5.74, 6) is 0.577. The lowest BCUT2D eigenvalue weighted by Gasteiger charge is -2.20. The van der Waals surface area contributed by atoms with E-state index in [9.17, 15) is 8.42 Å². The van der Waals surface area contributed by atoms with Gasteiger partial charge in [0.15, 0.2) is 9.84 Å². The van der Waals surface area contributed by atoms with Gasteiger partial charge >= 0.3 is 0 Å². The molecule has 1 fully saturated rings. The summed E-state index contributed by atoms with van der Waals surface area (Å²) >= 11 is 1.72. The van der Waals surface area contributed by atoms with Gasteiger partial charge in [-0.3, -0.25) is 0 Å². The molecular formula is C17H22N2O3S2. The Labute approximate surface area is 147 Å². The number of sulfone groups is 1. The molecule has 7 heteroatoms. The van der Waals surface area contributed by atoms with Gasteiger partial charge in [0.05, 0.1) is 28.8 Å². The van der Waals surface area contributed by atoms with Crippen LogP contribution in [0, 0.1) is 0 Å². The Morgan fingerprint density at radius 3 is 2.58 bits per heavy atom. The van der Waals surface area contributed by atoms with Crippen molar-refractivity contribution in [3.63, 3.8) is 0 Å². The van der Waals surface area contributed by atoms with Gasteiger partial charge in [0.1, 0.15) is 0 Å². The number of hydrogen-bond acceptors (Lipinski definition) is 6. The Hall–Kier alpha value is -1.28. The smallest absolute Gasteiger partial charge is 0.175 e. The lowest BCUT2D eigenvalue weighted by Crippen LogP contribution is -2.26. The molecule has 0 bridgehead atoms. The standard InChI is InChI=1S/C17H22N2O3S2/c1-24(20,21)16-4-2-13(3-5-16)10-22-11-15-12-23-17(19-15)14-6-8-18-9-7-14/h2-5,12,14,18H,6-11H2,1H3. The highest BCUT2D eigenvalue weighted by molar-refractivity contribution is 7.90. The SMILES string of the molecule is CS(=O)(=O)c1ccc(COCc2csc(C3CCNCC3)n2)cc1. The maximum atomic E-state index is 11.4. The van der Waals surface area contributed by atoms with Crippen LogP contribution in [0.15, 0.2) is 34.5 Å². The number of aromatic nitrogens is 1. The Bertz CT molecular complexity index is 763. The Morgan fingerprint density at radius 1 is 1.21 bits per heavy atom. The Morgan fingerprint density at radius 2 is 1.92 bits per heavy atom. The molecule has 1 aliphatic heterocycles. The average molecular weight is 367 g/mol. The first-order chi connectivity index (χ1) is 11.5. The lowest BCUT2D eigenvalue weighted by atomic mass is 9.99. The lowest BCUT2D eigenvalue weighted by molar-refractivity contribution is 0.105. The van der Waals surface area contributed by atoms with Crippen LogP contribution >= 0.6 is 11.3 Å². The van der Waals surface area contributed by atoms with Gasteiger partial charge in [0, 0.05) is 17.6 Å². The third-order valence-corrected chi connectivity index (χ3v) is 6.31. The Kier molecular flexibility index (Phi) is 5.65. The van der Waals surface area contributed by atoms with E-state index in [1.807, 2.05) is 0 Å². The molecule has 1 saturated heterocycles. The molecule has 1 N–H and O–H groups in total. The van der Waals surface area contributed by atoms with Gasteiger partial charge in [-0.15, -0.1) is 11.3 Å². The second-order valence-electron chi connectivity index (χ2n) is 6.11. The van der Waals surface area contributed by atoms with Gasteiger partial charge in [-0.05, 0) is 43.6 Å².